The van der Waals surface area contributed by atoms with E-state index in [1.165, 1.54) is 5.56 Å². The van der Waals surface area contributed by atoms with Crippen LogP contribution in [-0.4, -0.2) is 30.6 Å². The molecular formula is C21H22N2O3. The zero-order valence-corrected chi connectivity index (χ0v) is 14.6. The van der Waals surface area contributed by atoms with Crippen LogP contribution in [0.2, 0.25) is 0 Å². The van der Waals surface area contributed by atoms with Crippen LogP contribution in [0.1, 0.15) is 44.7 Å². The van der Waals surface area contributed by atoms with Crippen LogP contribution < -0.4 is 10.6 Å². The van der Waals surface area contributed by atoms with Crippen LogP contribution in [0.3, 0.4) is 0 Å². The highest BCUT2D eigenvalue weighted by atomic mass is 16.5. The Morgan fingerprint density at radius 1 is 1.08 bits per heavy atom. The summed E-state index contributed by atoms with van der Waals surface area (Å²) in [5, 5.41) is 6.08. The lowest BCUT2D eigenvalue weighted by atomic mass is 9.83. The lowest BCUT2D eigenvalue weighted by Crippen LogP contribution is -2.53. The van der Waals surface area contributed by atoms with Crippen molar-refractivity contribution in [1.82, 2.24) is 10.6 Å². The molecule has 0 aromatic heterocycles. The highest BCUT2D eigenvalue weighted by molar-refractivity contribution is 6.04. The minimum absolute atomic E-state index is 0.111. The maximum absolute atomic E-state index is 13.1. The number of carbonyl (C=O) groups is 2. The van der Waals surface area contributed by atoms with Crippen LogP contribution >= 0.6 is 0 Å². The van der Waals surface area contributed by atoms with Crippen LogP contribution in [0, 0.1) is 0 Å². The molecule has 0 unspecified atom stereocenters. The Hall–Kier alpha value is -2.66. The van der Waals surface area contributed by atoms with E-state index >= 15 is 0 Å². The van der Waals surface area contributed by atoms with Crippen molar-refractivity contribution in [3.05, 3.63) is 70.8 Å². The van der Waals surface area contributed by atoms with Crippen molar-refractivity contribution in [2.24, 2.45) is 0 Å². The summed E-state index contributed by atoms with van der Waals surface area (Å²) in [6.45, 7) is 1.69. The molecule has 1 fully saturated rings. The largest absolute Gasteiger partial charge is 0.381 e. The third-order valence-electron chi connectivity index (χ3n) is 5.30. The number of nitrogens with one attached hydrogen (secondary N) is 2. The first-order valence-electron chi connectivity index (χ1n) is 9.01. The Balaban J connectivity index is 1.60. The predicted molar refractivity (Wildman–Crippen MR) is 98.0 cm³/mol. The minimum Gasteiger partial charge on any atom is -0.381 e. The second kappa shape index (κ2) is 6.92. The minimum atomic E-state index is -0.324. The van der Waals surface area contributed by atoms with Gasteiger partial charge in [0.15, 0.2) is 0 Å². The number of rotatable bonds is 4. The van der Waals surface area contributed by atoms with E-state index in [4.69, 9.17) is 4.74 Å². The molecule has 2 aliphatic heterocycles. The average molecular weight is 350 g/mol. The van der Waals surface area contributed by atoms with Crippen molar-refractivity contribution < 1.29 is 14.3 Å². The number of carbonyl (C=O) groups excluding carboxylic acids is 2. The van der Waals surface area contributed by atoms with Gasteiger partial charge in [-0.1, -0.05) is 36.4 Å². The zero-order valence-electron chi connectivity index (χ0n) is 14.6. The van der Waals surface area contributed by atoms with E-state index in [9.17, 15) is 9.59 Å². The van der Waals surface area contributed by atoms with Crippen molar-refractivity contribution in [2.75, 3.05) is 13.2 Å². The molecule has 5 nitrogen and oxygen atoms in total. The SMILES string of the molecule is O=C1NCc2c1cccc2C(=O)NC1(Cc2ccccc2)CCOCC1. The van der Waals surface area contributed by atoms with Crippen LogP contribution in [-0.2, 0) is 17.7 Å². The summed E-state index contributed by atoms with van der Waals surface area (Å²) in [5.41, 5.74) is 2.85. The molecule has 0 saturated carbocycles. The second-order valence-corrected chi connectivity index (χ2v) is 7.02. The molecule has 2 aliphatic rings. The fourth-order valence-electron chi connectivity index (χ4n) is 3.87. The number of hydrogen-bond acceptors (Lipinski definition) is 3. The van der Waals surface area contributed by atoms with Gasteiger partial charge in [-0.25, -0.2) is 0 Å². The van der Waals surface area contributed by atoms with Gasteiger partial charge in [0, 0.05) is 36.4 Å². The van der Waals surface area contributed by atoms with Gasteiger partial charge in [-0.2, -0.15) is 0 Å². The van der Waals surface area contributed by atoms with E-state index in [-0.39, 0.29) is 17.4 Å². The van der Waals surface area contributed by atoms with Crippen molar-refractivity contribution in [1.29, 1.82) is 0 Å². The number of hydrogen-bond donors (Lipinski definition) is 2. The molecule has 26 heavy (non-hydrogen) atoms. The van der Waals surface area contributed by atoms with Gasteiger partial charge >= 0.3 is 0 Å². The second-order valence-electron chi connectivity index (χ2n) is 7.02. The van der Waals surface area contributed by atoms with Gasteiger partial charge in [0.05, 0.1) is 0 Å². The molecule has 5 heteroatoms. The zero-order chi connectivity index (χ0) is 18.0. The van der Waals surface area contributed by atoms with Crippen LogP contribution in [0.15, 0.2) is 48.5 Å². The predicted octanol–water partition coefficient (Wildman–Crippen LogP) is 2.45. The molecule has 1 saturated heterocycles. The monoisotopic (exact) mass is 350 g/mol. The molecule has 4 rings (SSSR count). The molecule has 0 atom stereocenters. The molecule has 0 radical (unpaired) electrons. The molecule has 0 aliphatic carbocycles. The summed E-state index contributed by atoms with van der Waals surface area (Å²) < 4.78 is 5.53. The van der Waals surface area contributed by atoms with Gasteiger partial charge in [-0.15, -0.1) is 0 Å². The fraction of sp³-hybridized carbons (Fsp3) is 0.333. The summed E-state index contributed by atoms with van der Waals surface area (Å²) >= 11 is 0. The average Bonchev–Trinajstić information content (AvgIpc) is 3.04. The third-order valence-corrected chi connectivity index (χ3v) is 5.30. The topological polar surface area (TPSA) is 67.4 Å². The van der Waals surface area contributed by atoms with E-state index in [1.807, 2.05) is 18.2 Å². The highest BCUT2D eigenvalue weighted by Crippen LogP contribution is 2.27. The number of fused-ring (bicyclic) bond motifs is 1. The van der Waals surface area contributed by atoms with Crippen LogP contribution in [0.25, 0.3) is 0 Å². The van der Waals surface area contributed by atoms with E-state index in [0.717, 1.165) is 24.8 Å². The highest BCUT2D eigenvalue weighted by Gasteiger charge is 2.35. The van der Waals surface area contributed by atoms with Crippen molar-refractivity contribution >= 4 is 11.8 Å². The third kappa shape index (κ3) is 3.22. The summed E-state index contributed by atoms with van der Waals surface area (Å²) in [7, 11) is 0. The van der Waals surface area contributed by atoms with Crippen molar-refractivity contribution in [3.8, 4) is 0 Å². The number of amides is 2. The summed E-state index contributed by atoms with van der Waals surface area (Å²) in [5.74, 6) is -0.226. The quantitative estimate of drug-likeness (QED) is 0.890. The molecule has 0 spiro atoms. The van der Waals surface area contributed by atoms with Crippen LogP contribution in [0.5, 0.6) is 0 Å². The van der Waals surface area contributed by atoms with Gasteiger partial charge in [0.1, 0.15) is 0 Å². The first-order valence-corrected chi connectivity index (χ1v) is 9.01. The molecule has 134 valence electrons. The van der Waals surface area contributed by atoms with E-state index in [0.29, 0.717) is 30.9 Å². The smallest absolute Gasteiger partial charge is 0.252 e. The van der Waals surface area contributed by atoms with Crippen LogP contribution in [0.4, 0.5) is 0 Å². The van der Waals surface area contributed by atoms with E-state index in [1.54, 1.807) is 18.2 Å². The first kappa shape index (κ1) is 16.8. The number of ether oxygens (including phenoxy) is 1. The van der Waals surface area contributed by atoms with Gasteiger partial charge in [-0.3, -0.25) is 9.59 Å². The summed E-state index contributed by atoms with van der Waals surface area (Å²) in [6, 6.07) is 15.5. The van der Waals surface area contributed by atoms with E-state index < -0.39 is 0 Å². The van der Waals surface area contributed by atoms with Crippen molar-refractivity contribution in [2.45, 2.75) is 31.3 Å². The Kier molecular flexibility index (Phi) is 4.47. The molecule has 2 N–H and O–H groups in total. The van der Waals surface area contributed by atoms with Gasteiger partial charge in [0.2, 0.25) is 0 Å². The Morgan fingerprint density at radius 3 is 2.62 bits per heavy atom. The number of benzene rings is 2. The fourth-order valence-corrected chi connectivity index (χ4v) is 3.87. The Bertz CT molecular complexity index is 826. The van der Waals surface area contributed by atoms with Gasteiger partial charge in [0.25, 0.3) is 11.8 Å². The first-order chi connectivity index (χ1) is 12.7. The molecular weight excluding hydrogens is 328 g/mol. The lowest BCUT2D eigenvalue weighted by Gasteiger charge is -2.38. The maximum Gasteiger partial charge on any atom is 0.252 e. The Labute approximate surface area is 152 Å². The summed E-state index contributed by atoms with van der Waals surface area (Å²) in [6.07, 6.45) is 2.33. The van der Waals surface area contributed by atoms with Gasteiger partial charge in [-0.05, 0) is 42.5 Å². The van der Waals surface area contributed by atoms with Crippen molar-refractivity contribution in [3.63, 3.8) is 0 Å². The molecule has 2 amide bonds. The molecule has 2 aromatic rings. The molecule has 2 aromatic carbocycles. The van der Waals surface area contributed by atoms with E-state index in [2.05, 4.69) is 22.8 Å². The Morgan fingerprint density at radius 2 is 1.85 bits per heavy atom. The molecule has 0 bridgehead atoms. The normalized spacial score (nSPS) is 18.1. The standard InChI is InChI=1S/C21H22N2O3/c24-19-16-7-4-8-17(18(16)14-22-19)20(25)23-21(9-11-26-12-10-21)13-15-5-2-1-3-6-15/h1-8H,9-14H2,(H,22,24)(H,23,25). The van der Waals surface area contributed by atoms with Gasteiger partial charge < -0.3 is 15.4 Å². The maximum atomic E-state index is 13.1. The lowest BCUT2D eigenvalue weighted by molar-refractivity contribution is 0.0359. The summed E-state index contributed by atoms with van der Waals surface area (Å²) in [4.78, 5) is 25.0. The molecule has 2 heterocycles.